The number of nitrogens with zero attached hydrogens (tertiary/aromatic N) is 2. The van der Waals surface area contributed by atoms with Gasteiger partial charge in [0.15, 0.2) is 0 Å². The fourth-order valence-electron chi connectivity index (χ4n) is 3.08. The van der Waals surface area contributed by atoms with Crippen LogP contribution in [0.3, 0.4) is 0 Å². The van der Waals surface area contributed by atoms with E-state index in [2.05, 4.69) is 24.1 Å². The van der Waals surface area contributed by atoms with Crippen molar-refractivity contribution in [1.29, 1.82) is 0 Å². The largest absolute Gasteiger partial charge is 0.335 e. The molecule has 0 saturated carbocycles. The highest BCUT2D eigenvalue weighted by atomic mass is 16.2. The van der Waals surface area contributed by atoms with Gasteiger partial charge in [-0.25, -0.2) is 0 Å². The lowest BCUT2D eigenvalue weighted by molar-refractivity contribution is 0.0675. The van der Waals surface area contributed by atoms with Crippen LogP contribution in [-0.2, 0) is 0 Å². The molecule has 1 aliphatic heterocycles. The molecule has 3 rings (SSSR count). The Morgan fingerprint density at radius 3 is 2.62 bits per heavy atom. The highest BCUT2D eigenvalue weighted by Gasteiger charge is 2.26. The molecule has 1 fully saturated rings. The van der Waals surface area contributed by atoms with E-state index in [-0.39, 0.29) is 5.91 Å². The molecule has 0 unspecified atom stereocenters. The zero-order valence-electron chi connectivity index (χ0n) is 12.8. The molecule has 0 radical (unpaired) electrons. The Hall–Kier alpha value is -1.94. The maximum atomic E-state index is 12.9. The van der Waals surface area contributed by atoms with Gasteiger partial charge >= 0.3 is 0 Å². The molecular formula is C17H21N3O. The van der Waals surface area contributed by atoms with Crippen LogP contribution < -0.4 is 5.32 Å². The second kappa shape index (κ2) is 5.45. The summed E-state index contributed by atoms with van der Waals surface area (Å²) in [5.74, 6) is 0.0823. The summed E-state index contributed by atoms with van der Waals surface area (Å²) in [6.07, 6.45) is 0. The number of piperazine rings is 1. The van der Waals surface area contributed by atoms with Crippen LogP contribution in [0.25, 0.3) is 10.9 Å². The number of carbonyl (C=O) groups excluding carboxylic acids is 1. The van der Waals surface area contributed by atoms with Gasteiger partial charge < -0.3 is 10.2 Å². The fraction of sp³-hybridized carbons (Fsp3) is 0.412. The lowest BCUT2D eigenvalue weighted by Crippen LogP contribution is -2.55. The minimum absolute atomic E-state index is 0.0823. The third-order valence-electron chi connectivity index (χ3n) is 3.93. The number of para-hydroxylation sites is 1. The van der Waals surface area contributed by atoms with E-state index < -0.39 is 0 Å². The molecule has 0 aliphatic carbocycles. The molecule has 110 valence electrons. The Morgan fingerprint density at radius 2 is 1.90 bits per heavy atom. The van der Waals surface area contributed by atoms with Crippen LogP contribution >= 0.6 is 0 Å². The van der Waals surface area contributed by atoms with E-state index in [1.54, 1.807) is 0 Å². The molecule has 4 nitrogen and oxygen atoms in total. The van der Waals surface area contributed by atoms with Crippen LogP contribution in [0, 0.1) is 6.92 Å². The molecule has 0 bridgehead atoms. The van der Waals surface area contributed by atoms with Gasteiger partial charge in [-0.3, -0.25) is 9.78 Å². The van der Waals surface area contributed by atoms with Crippen LogP contribution in [0.15, 0.2) is 30.3 Å². The van der Waals surface area contributed by atoms with E-state index in [1.165, 1.54) is 0 Å². The first-order valence-electron chi connectivity index (χ1n) is 7.46. The van der Waals surface area contributed by atoms with Crippen molar-refractivity contribution in [2.45, 2.75) is 32.9 Å². The van der Waals surface area contributed by atoms with Gasteiger partial charge in [0.1, 0.15) is 0 Å². The van der Waals surface area contributed by atoms with Crippen molar-refractivity contribution in [1.82, 2.24) is 15.2 Å². The Labute approximate surface area is 125 Å². The Bertz CT molecular complexity index is 673. The molecule has 1 aliphatic rings. The molecule has 1 aromatic heterocycles. The lowest BCUT2D eigenvalue weighted by atomic mass is 10.1. The number of carbonyl (C=O) groups is 1. The molecule has 2 atom stereocenters. The molecule has 1 aromatic carbocycles. The summed E-state index contributed by atoms with van der Waals surface area (Å²) in [7, 11) is 0. The van der Waals surface area contributed by atoms with Gasteiger partial charge in [-0.1, -0.05) is 18.2 Å². The number of aromatic nitrogens is 1. The van der Waals surface area contributed by atoms with Crippen molar-refractivity contribution >= 4 is 16.8 Å². The maximum absolute atomic E-state index is 12.9. The highest BCUT2D eigenvalue weighted by Crippen LogP contribution is 2.20. The van der Waals surface area contributed by atoms with Gasteiger partial charge in [0.2, 0.25) is 0 Å². The topological polar surface area (TPSA) is 45.2 Å². The molecule has 2 heterocycles. The Kier molecular flexibility index (Phi) is 3.64. The normalized spacial score (nSPS) is 22.5. The summed E-state index contributed by atoms with van der Waals surface area (Å²) < 4.78 is 0. The maximum Gasteiger partial charge on any atom is 0.256 e. The summed E-state index contributed by atoms with van der Waals surface area (Å²) >= 11 is 0. The van der Waals surface area contributed by atoms with E-state index in [4.69, 9.17) is 0 Å². The molecule has 21 heavy (non-hydrogen) atoms. The summed E-state index contributed by atoms with van der Waals surface area (Å²) in [4.78, 5) is 19.4. The van der Waals surface area contributed by atoms with Crippen LogP contribution in [0.4, 0.5) is 0 Å². The van der Waals surface area contributed by atoms with Crippen molar-refractivity contribution < 1.29 is 4.79 Å². The lowest BCUT2D eigenvalue weighted by Gasteiger charge is -2.36. The summed E-state index contributed by atoms with van der Waals surface area (Å²) in [5, 5.41) is 4.47. The van der Waals surface area contributed by atoms with E-state index in [1.807, 2.05) is 42.2 Å². The third-order valence-corrected chi connectivity index (χ3v) is 3.93. The first kappa shape index (κ1) is 14.0. The number of rotatable bonds is 1. The van der Waals surface area contributed by atoms with E-state index in [9.17, 15) is 4.79 Å². The Balaban J connectivity index is 1.99. The average molecular weight is 283 g/mol. The molecular weight excluding hydrogens is 262 g/mol. The van der Waals surface area contributed by atoms with Gasteiger partial charge in [-0.05, 0) is 32.9 Å². The second-order valence-electron chi connectivity index (χ2n) is 6.01. The highest BCUT2D eigenvalue weighted by molar-refractivity contribution is 6.05. The van der Waals surface area contributed by atoms with Crippen LogP contribution in [0.2, 0.25) is 0 Å². The molecule has 0 spiro atoms. The molecule has 1 saturated heterocycles. The van der Waals surface area contributed by atoms with Crippen molar-refractivity contribution in [3.63, 3.8) is 0 Å². The van der Waals surface area contributed by atoms with Crippen molar-refractivity contribution in [3.05, 3.63) is 41.6 Å². The minimum atomic E-state index is 0.0823. The van der Waals surface area contributed by atoms with Crippen molar-refractivity contribution in [2.75, 3.05) is 13.1 Å². The number of nitrogens with one attached hydrogen (secondary N) is 1. The molecule has 1 amide bonds. The molecule has 4 heteroatoms. The third kappa shape index (κ3) is 2.76. The standard InChI is InChI=1S/C17H21N3O/c1-11-7-8-14-5-4-6-15(16(14)19-11)17(21)20-9-12(2)18-13(3)10-20/h4-8,12-13,18H,9-10H2,1-3H3/t12-,13+. The van der Waals surface area contributed by atoms with Gasteiger partial charge in [0, 0.05) is 36.3 Å². The van der Waals surface area contributed by atoms with Gasteiger partial charge in [-0.2, -0.15) is 0 Å². The Morgan fingerprint density at radius 1 is 1.19 bits per heavy atom. The molecule has 1 N–H and O–H groups in total. The first-order chi connectivity index (χ1) is 10.0. The van der Waals surface area contributed by atoms with Gasteiger partial charge in [0.25, 0.3) is 5.91 Å². The first-order valence-corrected chi connectivity index (χ1v) is 7.46. The number of benzene rings is 1. The summed E-state index contributed by atoms with van der Waals surface area (Å²) in [6, 6.07) is 10.5. The van der Waals surface area contributed by atoms with Gasteiger partial charge in [0.05, 0.1) is 11.1 Å². The van der Waals surface area contributed by atoms with Gasteiger partial charge in [-0.15, -0.1) is 0 Å². The number of hydrogen-bond donors (Lipinski definition) is 1. The zero-order chi connectivity index (χ0) is 15.0. The average Bonchev–Trinajstić information content (AvgIpc) is 2.44. The summed E-state index contributed by atoms with van der Waals surface area (Å²) in [5.41, 5.74) is 2.45. The number of fused-ring (bicyclic) bond motifs is 1. The number of pyridine rings is 1. The predicted molar refractivity (Wildman–Crippen MR) is 84.4 cm³/mol. The van der Waals surface area contributed by atoms with Crippen molar-refractivity contribution in [3.8, 4) is 0 Å². The smallest absolute Gasteiger partial charge is 0.256 e. The van der Waals surface area contributed by atoms with E-state index in [0.717, 1.165) is 29.7 Å². The van der Waals surface area contributed by atoms with E-state index >= 15 is 0 Å². The van der Waals surface area contributed by atoms with E-state index in [0.29, 0.717) is 17.6 Å². The number of hydrogen-bond acceptors (Lipinski definition) is 3. The predicted octanol–water partition coefficient (Wildman–Crippen LogP) is 2.37. The van der Waals surface area contributed by atoms with Crippen LogP contribution in [0.5, 0.6) is 0 Å². The summed E-state index contributed by atoms with van der Waals surface area (Å²) in [6.45, 7) is 7.66. The number of amides is 1. The molecule has 2 aromatic rings. The second-order valence-corrected chi connectivity index (χ2v) is 6.01. The van der Waals surface area contributed by atoms with Crippen LogP contribution in [-0.4, -0.2) is 41.0 Å². The fourth-order valence-corrected chi connectivity index (χ4v) is 3.08. The monoisotopic (exact) mass is 283 g/mol. The number of aryl methyl sites for hydroxylation is 1. The zero-order valence-corrected chi connectivity index (χ0v) is 12.8. The SMILES string of the molecule is Cc1ccc2cccc(C(=O)N3C[C@@H](C)N[C@@H](C)C3)c2n1. The van der Waals surface area contributed by atoms with Crippen molar-refractivity contribution in [2.24, 2.45) is 0 Å². The quantitative estimate of drug-likeness (QED) is 0.874. The van der Waals surface area contributed by atoms with Crippen LogP contribution in [0.1, 0.15) is 29.9 Å². The minimum Gasteiger partial charge on any atom is -0.335 e.